The lowest BCUT2D eigenvalue weighted by molar-refractivity contribution is 0.333. The van der Waals surface area contributed by atoms with E-state index in [1.165, 1.54) is 0 Å². The SMILES string of the molecule is CCO[P@@](=O)(CC)Cc1cccc(N)c1. The molecule has 84 valence electrons. The summed E-state index contributed by atoms with van der Waals surface area (Å²) < 4.78 is 17.5. The first-order chi connectivity index (χ1) is 7.09. The summed E-state index contributed by atoms with van der Waals surface area (Å²) in [4.78, 5) is 0. The maximum atomic E-state index is 12.2. The van der Waals surface area contributed by atoms with Crippen molar-refractivity contribution in [3.8, 4) is 0 Å². The van der Waals surface area contributed by atoms with Crippen molar-refractivity contribution in [3.63, 3.8) is 0 Å². The smallest absolute Gasteiger partial charge is 0.207 e. The number of hydrogen-bond acceptors (Lipinski definition) is 3. The molecule has 0 saturated carbocycles. The van der Waals surface area contributed by atoms with Gasteiger partial charge in [0.1, 0.15) is 0 Å². The fourth-order valence-electron chi connectivity index (χ4n) is 1.45. The van der Waals surface area contributed by atoms with E-state index in [4.69, 9.17) is 10.3 Å². The zero-order valence-corrected chi connectivity index (χ0v) is 10.2. The van der Waals surface area contributed by atoms with Crippen LogP contribution in [0.25, 0.3) is 0 Å². The first-order valence-corrected chi connectivity index (χ1v) is 7.16. The highest BCUT2D eigenvalue weighted by Crippen LogP contribution is 2.49. The van der Waals surface area contributed by atoms with Crippen LogP contribution in [0, 0.1) is 0 Å². The van der Waals surface area contributed by atoms with Gasteiger partial charge in [0, 0.05) is 18.0 Å². The van der Waals surface area contributed by atoms with Crippen molar-refractivity contribution in [3.05, 3.63) is 29.8 Å². The fourth-order valence-corrected chi connectivity index (χ4v) is 3.17. The van der Waals surface area contributed by atoms with Crippen molar-refractivity contribution in [1.29, 1.82) is 0 Å². The van der Waals surface area contributed by atoms with Crippen LogP contribution >= 0.6 is 7.37 Å². The Kier molecular flexibility index (Phi) is 4.37. The van der Waals surface area contributed by atoms with Gasteiger partial charge in [-0.2, -0.15) is 0 Å². The van der Waals surface area contributed by atoms with Gasteiger partial charge in [0.25, 0.3) is 0 Å². The quantitative estimate of drug-likeness (QED) is 0.621. The molecule has 0 aromatic heterocycles. The minimum atomic E-state index is -2.50. The maximum Gasteiger partial charge on any atom is 0.207 e. The molecule has 0 heterocycles. The lowest BCUT2D eigenvalue weighted by Gasteiger charge is -2.15. The summed E-state index contributed by atoms with van der Waals surface area (Å²) >= 11 is 0. The molecular formula is C11H18NO2P. The normalized spacial score (nSPS) is 14.8. The largest absolute Gasteiger partial charge is 0.399 e. The van der Waals surface area contributed by atoms with Crippen LogP contribution in [0.15, 0.2) is 24.3 Å². The zero-order valence-electron chi connectivity index (χ0n) is 9.27. The molecule has 0 amide bonds. The van der Waals surface area contributed by atoms with Crippen molar-refractivity contribution >= 4 is 13.1 Å². The van der Waals surface area contributed by atoms with Crippen LogP contribution in [0.4, 0.5) is 5.69 Å². The van der Waals surface area contributed by atoms with Gasteiger partial charge in [0.15, 0.2) is 0 Å². The van der Waals surface area contributed by atoms with Crippen LogP contribution < -0.4 is 5.73 Å². The molecule has 4 heteroatoms. The molecule has 0 aliphatic carbocycles. The summed E-state index contributed by atoms with van der Waals surface area (Å²) in [5, 5.41) is 0. The van der Waals surface area contributed by atoms with Gasteiger partial charge in [-0.1, -0.05) is 19.1 Å². The van der Waals surface area contributed by atoms with Gasteiger partial charge in [0.05, 0.1) is 6.61 Å². The molecule has 0 spiro atoms. The van der Waals surface area contributed by atoms with E-state index in [-0.39, 0.29) is 0 Å². The Hall–Kier alpha value is -0.790. The van der Waals surface area contributed by atoms with E-state index >= 15 is 0 Å². The number of nitrogen functional groups attached to an aromatic ring is 1. The van der Waals surface area contributed by atoms with Gasteiger partial charge in [-0.25, -0.2) is 0 Å². The Labute approximate surface area is 91.1 Å². The molecule has 0 fully saturated rings. The summed E-state index contributed by atoms with van der Waals surface area (Å²) in [6.45, 7) is 4.25. The van der Waals surface area contributed by atoms with Crippen LogP contribution in [0.1, 0.15) is 19.4 Å². The first kappa shape index (κ1) is 12.3. The van der Waals surface area contributed by atoms with Crippen molar-refractivity contribution in [2.24, 2.45) is 0 Å². The Bertz CT molecular complexity index is 365. The monoisotopic (exact) mass is 227 g/mol. The standard InChI is InChI=1S/C11H18NO2P/c1-3-14-15(13,4-2)9-10-6-5-7-11(12)8-10/h5-8H,3-4,9,12H2,1-2H3/t15-/m0/s1. The Morgan fingerprint density at radius 2 is 2.13 bits per heavy atom. The summed E-state index contributed by atoms with van der Waals surface area (Å²) in [7, 11) is -2.50. The number of rotatable bonds is 5. The minimum absolute atomic E-state index is 0.475. The Balaban J connectivity index is 2.79. The third kappa shape index (κ3) is 3.69. The molecule has 0 aliphatic heterocycles. The summed E-state index contributed by atoms with van der Waals surface area (Å²) in [6.07, 6.45) is 1.04. The molecule has 0 saturated heterocycles. The van der Waals surface area contributed by atoms with Crippen LogP contribution in [-0.4, -0.2) is 12.8 Å². The van der Waals surface area contributed by atoms with Crippen molar-refractivity contribution in [2.75, 3.05) is 18.5 Å². The summed E-state index contributed by atoms with van der Waals surface area (Å²) in [5.74, 6) is 0. The van der Waals surface area contributed by atoms with Crippen LogP contribution in [0.5, 0.6) is 0 Å². The lowest BCUT2D eigenvalue weighted by Crippen LogP contribution is -1.97. The Morgan fingerprint density at radius 1 is 1.40 bits per heavy atom. The van der Waals surface area contributed by atoms with E-state index in [9.17, 15) is 4.57 Å². The molecule has 1 atom stereocenters. The molecule has 15 heavy (non-hydrogen) atoms. The molecule has 0 aliphatic rings. The van der Waals surface area contributed by atoms with Gasteiger partial charge in [-0.15, -0.1) is 0 Å². The third-order valence-corrected chi connectivity index (χ3v) is 4.76. The van der Waals surface area contributed by atoms with E-state index in [0.29, 0.717) is 24.6 Å². The number of nitrogens with two attached hydrogens (primary N) is 1. The van der Waals surface area contributed by atoms with Gasteiger partial charge < -0.3 is 10.3 Å². The highest BCUT2D eigenvalue weighted by molar-refractivity contribution is 7.58. The van der Waals surface area contributed by atoms with Crippen LogP contribution in [0.3, 0.4) is 0 Å². The molecule has 0 bridgehead atoms. The van der Waals surface area contributed by atoms with Crippen molar-refractivity contribution in [1.82, 2.24) is 0 Å². The number of anilines is 1. The van der Waals surface area contributed by atoms with E-state index in [0.717, 1.165) is 5.56 Å². The summed E-state index contributed by atoms with van der Waals surface area (Å²) in [5.41, 5.74) is 7.34. The van der Waals surface area contributed by atoms with Gasteiger partial charge in [-0.3, -0.25) is 4.57 Å². The molecule has 3 nitrogen and oxygen atoms in total. The highest BCUT2D eigenvalue weighted by Gasteiger charge is 2.20. The van der Waals surface area contributed by atoms with E-state index in [2.05, 4.69) is 0 Å². The molecule has 1 aromatic rings. The lowest BCUT2D eigenvalue weighted by atomic mass is 10.2. The van der Waals surface area contributed by atoms with Crippen molar-refractivity contribution < 1.29 is 9.09 Å². The van der Waals surface area contributed by atoms with Gasteiger partial charge in [-0.05, 0) is 24.6 Å². The van der Waals surface area contributed by atoms with E-state index < -0.39 is 7.37 Å². The molecule has 1 rings (SSSR count). The predicted molar refractivity (Wildman–Crippen MR) is 64.3 cm³/mol. The average Bonchev–Trinajstić information content (AvgIpc) is 2.18. The number of hydrogen-bond donors (Lipinski definition) is 1. The van der Waals surface area contributed by atoms with Gasteiger partial charge >= 0.3 is 0 Å². The van der Waals surface area contributed by atoms with Crippen LogP contribution in [0.2, 0.25) is 0 Å². The van der Waals surface area contributed by atoms with Crippen LogP contribution in [-0.2, 0) is 15.3 Å². The van der Waals surface area contributed by atoms with Crippen molar-refractivity contribution in [2.45, 2.75) is 20.0 Å². The zero-order chi connectivity index (χ0) is 11.3. The second-order valence-corrected chi connectivity index (χ2v) is 6.29. The minimum Gasteiger partial charge on any atom is -0.399 e. The fraction of sp³-hybridized carbons (Fsp3) is 0.455. The average molecular weight is 227 g/mol. The topological polar surface area (TPSA) is 52.3 Å². The highest BCUT2D eigenvalue weighted by atomic mass is 31.2. The molecule has 2 N–H and O–H groups in total. The second-order valence-electron chi connectivity index (χ2n) is 3.45. The first-order valence-electron chi connectivity index (χ1n) is 5.16. The van der Waals surface area contributed by atoms with Gasteiger partial charge in [0.2, 0.25) is 7.37 Å². The molecular weight excluding hydrogens is 209 g/mol. The number of benzene rings is 1. The van der Waals surface area contributed by atoms with E-state index in [1.807, 2.05) is 38.1 Å². The molecule has 1 aromatic carbocycles. The Morgan fingerprint density at radius 3 is 2.67 bits per heavy atom. The third-order valence-electron chi connectivity index (χ3n) is 2.22. The second kappa shape index (κ2) is 5.34. The maximum absolute atomic E-state index is 12.2. The summed E-state index contributed by atoms with van der Waals surface area (Å²) in [6, 6.07) is 7.47. The molecule has 0 unspecified atom stereocenters. The van der Waals surface area contributed by atoms with E-state index in [1.54, 1.807) is 0 Å². The predicted octanol–water partition coefficient (Wildman–Crippen LogP) is 3.10. The molecule has 0 radical (unpaired) electrons.